The predicted octanol–water partition coefficient (Wildman–Crippen LogP) is 3.84. The van der Waals surface area contributed by atoms with Crippen LogP contribution in [0.4, 0.5) is 14.9 Å². The quantitative estimate of drug-likeness (QED) is 0.701. The van der Waals surface area contributed by atoms with E-state index in [-0.39, 0.29) is 10.7 Å². The molecule has 1 saturated heterocycles. The van der Waals surface area contributed by atoms with Gasteiger partial charge < -0.3 is 10.6 Å². The molecule has 0 aromatic heterocycles. The number of rotatable bonds is 6. The lowest BCUT2D eigenvalue weighted by Crippen LogP contribution is -2.42. The van der Waals surface area contributed by atoms with E-state index in [4.69, 9.17) is 11.6 Å². The van der Waals surface area contributed by atoms with E-state index in [0.29, 0.717) is 5.56 Å². The maximum Gasteiger partial charge on any atom is 0.325 e. The fraction of sp³-hybridized carbons (Fsp3) is 0.286. The Morgan fingerprint density at radius 3 is 2.55 bits per heavy atom. The van der Waals surface area contributed by atoms with Crippen molar-refractivity contribution in [2.45, 2.75) is 32.2 Å². The molecule has 1 fully saturated rings. The highest BCUT2D eigenvalue weighted by atomic mass is 35.5. The van der Waals surface area contributed by atoms with Crippen LogP contribution in [0.15, 0.2) is 42.5 Å². The maximum atomic E-state index is 13.8. The molecule has 2 aromatic rings. The van der Waals surface area contributed by atoms with Crippen molar-refractivity contribution < 1.29 is 18.8 Å². The Morgan fingerprint density at radius 1 is 1.21 bits per heavy atom. The van der Waals surface area contributed by atoms with Gasteiger partial charge in [0.2, 0.25) is 5.91 Å². The third-order valence-corrected chi connectivity index (χ3v) is 5.08. The topological polar surface area (TPSA) is 78.5 Å². The molecule has 4 amide bonds. The van der Waals surface area contributed by atoms with E-state index in [1.165, 1.54) is 12.1 Å². The van der Waals surface area contributed by atoms with Gasteiger partial charge in [-0.25, -0.2) is 9.18 Å². The van der Waals surface area contributed by atoms with Crippen LogP contribution in [0.5, 0.6) is 0 Å². The van der Waals surface area contributed by atoms with Gasteiger partial charge in [-0.15, -0.1) is 0 Å². The fourth-order valence-corrected chi connectivity index (χ4v) is 3.43. The maximum absolute atomic E-state index is 13.8. The number of benzene rings is 2. The van der Waals surface area contributed by atoms with E-state index in [9.17, 15) is 18.8 Å². The minimum absolute atomic E-state index is 0.121. The van der Waals surface area contributed by atoms with E-state index in [2.05, 4.69) is 17.6 Å². The molecule has 0 saturated carbocycles. The van der Waals surface area contributed by atoms with E-state index >= 15 is 0 Å². The summed E-state index contributed by atoms with van der Waals surface area (Å²) in [6.07, 6.45) is 1.92. The highest BCUT2D eigenvalue weighted by molar-refractivity contribution is 6.30. The summed E-state index contributed by atoms with van der Waals surface area (Å²) >= 11 is 5.81. The van der Waals surface area contributed by atoms with Crippen LogP contribution in [-0.4, -0.2) is 29.3 Å². The average molecular weight is 418 g/mol. The standard InChI is InChI=1S/C21H21ClFN3O3/c1-3-4-13-5-7-14(8-6-13)21(2)19(28)26(20(29)25-21)12-18(27)24-17-11-15(22)9-10-16(17)23/h5-11H,3-4,12H2,1-2H3,(H,24,27)(H,25,29). The first-order valence-electron chi connectivity index (χ1n) is 9.23. The third kappa shape index (κ3) is 4.24. The molecule has 1 aliphatic heterocycles. The molecule has 3 rings (SSSR count). The second kappa shape index (κ2) is 8.21. The van der Waals surface area contributed by atoms with Gasteiger partial charge in [-0.2, -0.15) is 0 Å². The van der Waals surface area contributed by atoms with Gasteiger partial charge >= 0.3 is 6.03 Å². The van der Waals surface area contributed by atoms with Crippen molar-refractivity contribution in [1.29, 1.82) is 0 Å². The second-order valence-corrected chi connectivity index (χ2v) is 7.50. The number of aryl methyl sites for hydroxylation is 1. The van der Waals surface area contributed by atoms with Crippen LogP contribution >= 0.6 is 11.6 Å². The van der Waals surface area contributed by atoms with Crippen molar-refractivity contribution in [1.82, 2.24) is 10.2 Å². The molecule has 152 valence electrons. The molecule has 1 aliphatic rings. The number of nitrogens with one attached hydrogen (secondary N) is 2. The summed E-state index contributed by atoms with van der Waals surface area (Å²) in [6.45, 7) is 3.13. The van der Waals surface area contributed by atoms with E-state index in [1.807, 2.05) is 12.1 Å². The number of amides is 4. The molecule has 29 heavy (non-hydrogen) atoms. The van der Waals surface area contributed by atoms with Crippen LogP contribution in [0.2, 0.25) is 5.02 Å². The number of hydrogen-bond donors (Lipinski definition) is 2. The molecular formula is C21H21ClFN3O3. The monoisotopic (exact) mass is 417 g/mol. The van der Waals surface area contributed by atoms with Gasteiger partial charge in [-0.1, -0.05) is 49.2 Å². The number of imide groups is 1. The molecule has 2 aromatic carbocycles. The number of nitrogens with zero attached hydrogens (tertiary/aromatic N) is 1. The first kappa shape index (κ1) is 20.8. The first-order chi connectivity index (χ1) is 13.7. The van der Waals surface area contributed by atoms with Crippen molar-refractivity contribution in [3.63, 3.8) is 0 Å². The average Bonchev–Trinajstić information content (AvgIpc) is 2.89. The smallest absolute Gasteiger partial charge is 0.322 e. The number of urea groups is 1. The lowest BCUT2D eigenvalue weighted by molar-refractivity contribution is -0.133. The van der Waals surface area contributed by atoms with Crippen molar-refractivity contribution in [2.24, 2.45) is 0 Å². The van der Waals surface area contributed by atoms with Gasteiger partial charge in [0.05, 0.1) is 5.69 Å². The Balaban J connectivity index is 1.74. The molecule has 1 unspecified atom stereocenters. The van der Waals surface area contributed by atoms with Gasteiger partial charge in [0.1, 0.15) is 17.9 Å². The van der Waals surface area contributed by atoms with Gasteiger partial charge in [0.15, 0.2) is 0 Å². The highest BCUT2D eigenvalue weighted by Crippen LogP contribution is 2.29. The molecule has 1 atom stereocenters. The summed E-state index contributed by atoms with van der Waals surface area (Å²) in [6, 6.07) is 10.5. The highest BCUT2D eigenvalue weighted by Gasteiger charge is 2.49. The lowest BCUT2D eigenvalue weighted by atomic mass is 9.91. The van der Waals surface area contributed by atoms with Crippen molar-refractivity contribution in [3.05, 3.63) is 64.4 Å². The SMILES string of the molecule is CCCc1ccc(C2(C)NC(=O)N(CC(=O)Nc3cc(Cl)ccc3F)C2=O)cc1. The van der Waals surface area contributed by atoms with E-state index in [1.54, 1.807) is 19.1 Å². The van der Waals surface area contributed by atoms with Crippen LogP contribution in [0.25, 0.3) is 0 Å². The number of carbonyl (C=O) groups excluding carboxylic acids is 3. The van der Waals surface area contributed by atoms with Crippen LogP contribution in [0, 0.1) is 5.82 Å². The first-order valence-corrected chi connectivity index (χ1v) is 9.61. The lowest BCUT2D eigenvalue weighted by Gasteiger charge is -2.22. The molecule has 0 radical (unpaired) electrons. The van der Waals surface area contributed by atoms with Crippen LogP contribution in [0.1, 0.15) is 31.4 Å². The van der Waals surface area contributed by atoms with Crippen LogP contribution < -0.4 is 10.6 Å². The van der Waals surface area contributed by atoms with Crippen molar-refractivity contribution in [2.75, 3.05) is 11.9 Å². The summed E-state index contributed by atoms with van der Waals surface area (Å²) in [7, 11) is 0. The molecule has 0 spiro atoms. The molecular weight excluding hydrogens is 397 g/mol. The molecule has 8 heteroatoms. The second-order valence-electron chi connectivity index (χ2n) is 7.07. The Kier molecular flexibility index (Phi) is 5.88. The van der Waals surface area contributed by atoms with Gasteiger partial charge in [-0.3, -0.25) is 14.5 Å². The normalized spacial score (nSPS) is 18.7. The Bertz CT molecular complexity index is 964. The van der Waals surface area contributed by atoms with Crippen LogP contribution in [-0.2, 0) is 21.5 Å². The fourth-order valence-electron chi connectivity index (χ4n) is 3.26. The Labute approximate surface area is 173 Å². The van der Waals surface area contributed by atoms with Crippen LogP contribution in [0.3, 0.4) is 0 Å². The van der Waals surface area contributed by atoms with E-state index in [0.717, 1.165) is 29.4 Å². The summed E-state index contributed by atoms with van der Waals surface area (Å²) in [5.74, 6) is -1.93. The van der Waals surface area contributed by atoms with Crippen molar-refractivity contribution >= 4 is 35.1 Å². The predicted molar refractivity (Wildman–Crippen MR) is 108 cm³/mol. The van der Waals surface area contributed by atoms with Gasteiger partial charge in [0.25, 0.3) is 5.91 Å². The Hall–Kier alpha value is -2.93. The molecule has 1 heterocycles. The largest absolute Gasteiger partial charge is 0.325 e. The zero-order valence-corrected chi connectivity index (χ0v) is 16.8. The summed E-state index contributed by atoms with van der Waals surface area (Å²) in [5.41, 5.74) is 0.364. The van der Waals surface area contributed by atoms with Gasteiger partial charge in [-0.05, 0) is 42.7 Å². The summed E-state index contributed by atoms with van der Waals surface area (Å²) < 4.78 is 13.8. The molecule has 2 N–H and O–H groups in total. The Morgan fingerprint density at radius 2 is 1.90 bits per heavy atom. The molecule has 0 bridgehead atoms. The zero-order valence-electron chi connectivity index (χ0n) is 16.1. The van der Waals surface area contributed by atoms with Crippen molar-refractivity contribution in [3.8, 4) is 0 Å². The minimum atomic E-state index is -1.27. The number of hydrogen-bond acceptors (Lipinski definition) is 3. The number of anilines is 1. The minimum Gasteiger partial charge on any atom is -0.322 e. The zero-order chi connectivity index (χ0) is 21.2. The number of carbonyl (C=O) groups is 3. The molecule has 0 aliphatic carbocycles. The summed E-state index contributed by atoms with van der Waals surface area (Å²) in [5, 5.41) is 5.23. The summed E-state index contributed by atoms with van der Waals surface area (Å²) in [4.78, 5) is 38.4. The van der Waals surface area contributed by atoms with E-state index < -0.39 is 35.7 Å². The molecule has 6 nitrogen and oxygen atoms in total. The van der Waals surface area contributed by atoms with Gasteiger partial charge in [0, 0.05) is 5.02 Å². The number of halogens is 2. The third-order valence-electron chi connectivity index (χ3n) is 4.85.